The van der Waals surface area contributed by atoms with Gasteiger partial charge < -0.3 is 10.1 Å². The minimum atomic E-state index is -0.662. The van der Waals surface area contributed by atoms with Gasteiger partial charge in [0.05, 0.1) is 10.0 Å². The van der Waals surface area contributed by atoms with Crippen LogP contribution in [0.3, 0.4) is 0 Å². The SMILES string of the molecule is CC(C)NC(=O)C(C)Oc1c(Br)cccc1C=O. The van der Waals surface area contributed by atoms with Gasteiger partial charge in [-0.05, 0) is 48.8 Å². The number of carbonyl (C=O) groups excluding carboxylic acids is 2. The maximum absolute atomic E-state index is 11.7. The molecule has 18 heavy (non-hydrogen) atoms. The van der Waals surface area contributed by atoms with E-state index in [1.807, 2.05) is 13.8 Å². The van der Waals surface area contributed by atoms with Crippen LogP contribution < -0.4 is 10.1 Å². The lowest BCUT2D eigenvalue weighted by Gasteiger charge is -2.18. The molecule has 1 rings (SSSR count). The van der Waals surface area contributed by atoms with E-state index in [0.717, 1.165) is 0 Å². The van der Waals surface area contributed by atoms with Crippen molar-refractivity contribution in [3.63, 3.8) is 0 Å². The van der Waals surface area contributed by atoms with Gasteiger partial charge in [-0.2, -0.15) is 0 Å². The summed E-state index contributed by atoms with van der Waals surface area (Å²) >= 11 is 3.30. The summed E-state index contributed by atoms with van der Waals surface area (Å²) in [5.74, 6) is 0.177. The van der Waals surface area contributed by atoms with E-state index in [4.69, 9.17) is 4.74 Å². The number of benzene rings is 1. The van der Waals surface area contributed by atoms with Crippen LogP contribution in [0.15, 0.2) is 22.7 Å². The van der Waals surface area contributed by atoms with Gasteiger partial charge in [-0.1, -0.05) is 6.07 Å². The number of amides is 1. The molecule has 1 N–H and O–H groups in total. The van der Waals surface area contributed by atoms with Gasteiger partial charge in [0.25, 0.3) is 5.91 Å². The highest BCUT2D eigenvalue weighted by Crippen LogP contribution is 2.28. The molecule has 1 amide bonds. The molecule has 0 spiro atoms. The Kier molecular flexibility index (Phi) is 5.34. The molecule has 0 aliphatic heterocycles. The van der Waals surface area contributed by atoms with Crippen molar-refractivity contribution in [3.05, 3.63) is 28.2 Å². The summed E-state index contributed by atoms with van der Waals surface area (Å²) in [4.78, 5) is 22.6. The fourth-order valence-corrected chi connectivity index (χ4v) is 1.85. The van der Waals surface area contributed by atoms with Crippen LogP contribution >= 0.6 is 15.9 Å². The highest BCUT2D eigenvalue weighted by molar-refractivity contribution is 9.10. The van der Waals surface area contributed by atoms with Gasteiger partial charge in [0, 0.05) is 6.04 Å². The van der Waals surface area contributed by atoms with Crippen molar-refractivity contribution in [2.24, 2.45) is 0 Å². The van der Waals surface area contributed by atoms with Crippen LogP contribution in [0.5, 0.6) is 5.75 Å². The third kappa shape index (κ3) is 3.84. The molecule has 5 heteroatoms. The largest absolute Gasteiger partial charge is 0.479 e. The molecule has 0 bridgehead atoms. The molecule has 1 aromatic rings. The second kappa shape index (κ2) is 6.54. The Morgan fingerprint density at radius 2 is 2.06 bits per heavy atom. The zero-order valence-electron chi connectivity index (χ0n) is 10.6. The van der Waals surface area contributed by atoms with Crippen LogP contribution in [-0.2, 0) is 4.79 Å². The quantitative estimate of drug-likeness (QED) is 0.850. The normalized spacial score (nSPS) is 12.1. The molecular weight excluding hydrogens is 298 g/mol. The van der Waals surface area contributed by atoms with Crippen LogP contribution in [0, 0.1) is 0 Å². The summed E-state index contributed by atoms with van der Waals surface area (Å²) in [5, 5.41) is 2.75. The van der Waals surface area contributed by atoms with Crippen molar-refractivity contribution in [2.45, 2.75) is 32.9 Å². The first kappa shape index (κ1) is 14.7. The van der Waals surface area contributed by atoms with Crippen molar-refractivity contribution < 1.29 is 14.3 Å². The Hall–Kier alpha value is -1.36. The summed E-state index contributed by atoms with van der Waals surface area (Å²) in [6.45, 7) is 5.39. The first-order valence-electron chi connectivity index (χ1n) is 5.66. The fourth-order valence-electron chi connectivity index (χ4n) is 1.37. The van der Waals surface area contributed by atoms with E-state index in [-0.39, 0.29) is 11.9 Å². The third-order valence-electron chi connectivity index (χ3n) is 2.22. The van der Waals surface area contributed by atoms with E-state index < -0.39 is 6.10 Å². The second-order valence-corrected chi connectivity index (χ2v) is 5.05. The molecule has 98 valence electrons. The molecule has 0 radical (unpaired) electrons. The molecule has 0 saturated carbocycles. The zero-order chi connectivity index (χ0) is 13.7. The topological polar surface area (TPSA) is 55.4 Å². The maximum Gasteiger partial charge on any atom is 0.260 e. The minimum absolute atomic E-state index is 0.0494. The minimum Gasteiger partial charge on any atom is -0.479 e. The van der Waals surface area contributed by atoms with Crippen molar-refractivity contribution >= 4 is 28.1 Å². The number of halogens is 1. The summed E-state index contributed by atoms with van der Waals surface area (Å²) in [6, 6.07) is 5.18. The van der Waals surface area contributed by atoms with Crippen LogP contribution in [0.2, 0.25) is 0 Å². The Labute approximate surface area is 115 Å². The van der Waals surface area contributed by atoms with Crippen LogP contribution in [0.1, 0.15) is 31.1 Å². The number of nitrogens with one attached hydrogen (secondary N) is 1. The molecule has 0 fully saturated rings. The highest BCUT2D eigenvalue weighted by Gasteiger charge is 2.18. The molecular formula is C13H16BrNO3. The predicted molar refractivity (Wildman–Crippen MR) is 72.9 cm³/mol. The average molecular weight is 314 g/mol. The van der Waals surface area contributed by atoms with Gasteiger partial charge in [-0.15, -0.1) is 0 Å². The van der Waals surface area contributed by atoms with E-state index in [1.54, 1.807) is 25.1 Å². The van der Waals surface area contributed by atoms with Gasteiger partial charge in [0.1, 0.15) is 5.75 Å². The third-order valence-corrected chi connectivity index (χ3v) is 2.84. The summed E-state index contributed by atoms with van der Waals surface area (Å²) in [6.07, 6.45) is 0.0393. The number of para-hydroxylation sites is 1. The lowest BCUT2D eigenvalue weighted by molar-refractivity contribution is -0.127. The fraction of sp³-hybridized carbons (Fsp3) is 0.385. The van der Waals surface area contributed by atoms with E-state index in [1.165, 1.54) is 0 Å². The van der Waals surface area contributed by atoms with Crippen LogP contribution in [0.25, 0.3) is 0 Å². The monoisotopic (exact) mass is 313 g/mol. The van der Waals surface area contributed by atoms with Crippen molar-refractivity contribution in [1.29, 1.82) is 0 Å². The number of hydrogen-bond acceptors (Lipinski definition) is 3. The molecule has 1 atom stereocenters. The molecule has 0 heterocycles. The van der Waals surface area contributed by atoms with E-state index in [9.17, 15) is 9.59 Å². The standard InChI is InChI=1S/C13H16BrNO3/c1-8(2)15-13(17)9(3)18-12-10(7-16)5-4-6-11(12)14/h4-9H,1-3H3,(H,15,17). The molecule has 0 aliphatic rings. The molecule has 1 unspecified atom stereocenters. The molecule has 0 saturated heterocycles. The predicted octanol–water partition coefficient (Wildman–Crippen LogP) is 2.55. The van der Waals surface area contributed by atoms with E-state index >= 15 is 0 Å². The van der Waals surface area contributed by atoms with Gasteiger partial charge in [0.2, 0.25) is 0 Å². The summed E-state index contributed by atoms with van der Waals surface area (Å²) in [7, 11) is 0. The molecule has 0 aliphatic carbocycles. The van der Waals surface area contributed by atoms with Crippen LogP contribution in [-0.4, -0.2) is 24.3 Å². The van der Waals surface area contributed by atoms with Gasteiger partial charge >= 0.3 is 0 Å². The molecule has 0 aromatic heterocycles. The molecule has 4 nitrogen and oxygen atoms in total. The van der Waals surface area contributed by atoms with E-state index in [2.05, 4.69) is 21.2 Å². The Bertz CT molecular complexity index is 446. The first-order valence-corrected chi connectivity index (χ1v) is 6.45. The van der Waals surface area contributed by atoms with E-state index in [0.29, 0.717) is 22.1 Å². The number of ether oxygens (including phenoxy) is 1. The maximum atomic E-state index is 11.7. The highest BCUT2D eigenvalue weighted by atomic mass is 79.9. The number of aldehydes is 1. The summed E-state index contributed by atoms with van der Waals surface area (Å²) < 4.78 is 6.19. The lowest BCUT2D eigenvalue weighted by Crippen LogP contribution is -2.40. The van der Waals surface area contributed by atoms with Crippen molar-refractivity contribution in [1.82, 2.24) is 5.32 Å². The number of carbonyl (C=O) groups is 2. The molecule has 1 aromatic carbocycles. The number of hydrogen-bond donors (Lipinski definition) is 1. The van der Waals surface area contributed by atoms with Gasteiger partial charge in [0.15, 0.2) is 12.4 Å². The van der Waals surface area contributed by atoms with Crippen molar-refractivity contribution in [3.8, 4) is 5.75 Å². The first-order chi connectivity index (χ1) is 8.45. The van der Waals surface area contributed by atoms with Crippen LogP contribution in [0.4, 0.5) is 0 Å². The number of rotatable bonds is 5. The van der Waals surface area contributed by atoms with Gasteiger partial charge in [-0.25, -0.2) is 0 Å². The Balaban J connectivity index is 2.84. The summed E-state index contributed by atoms with van der Waals surface area (Å²) in [5.41, 5.74) is 0.411. The Morgan fingerprint density at radius 3 is 2.61 bits per heavy atom. The lowest BCUT2D eigenvalue weighted by atomic mass is 10.2. The zero-order valence-corrected chi connectivity index (χ0v) is 12.2. The Morgan fingerprint density at radius 1 is 1.39 bits per heavy atom. The second-order valence-electron chi connectivity index (χ2n) is 4.20. The van der Waals surface area contributed by atoms with Crippen molar-refractivity contribution in [2.75, 3.05) is 0 Å². The average Bonchev–Trinajstić information content (AvgIpc) is 2.30. The van der Waals surface area contributed by atoms with Gasteiger partial charge in [-0.3, -0.25) is 9.59 Å². The smallest absolute Gasteiger partial charge is 0.260 e.